The smallest absolute Gasteiger partial charge is 0.169 e. The highest BCUT2D eigenvalue weighted by Crippen LogP contribution is 2.61. The van der Waals surface area contributed by atoms with Crippen molar-refractivity contribution in [2.24, 2.45) is 11.3 Å². The molecule has 17 rings (SSSR count). The summed E-state index contributed by atoms with van der Waals surface area (Å²) in [5, 5.41) is 23.5. The molecule has 5 heteroatoms. The zero-order valence-corrected chi connectivity index (χ0v) is 48.5. The van der Waals surface area contributed by atoms with Crippen LogP contribution in [0.25, 0.3) is 76.2 Å². The van der Waals surface area contributed by atoms with Gasteiger partial charge in [0.05, 0.1) is 52.8 Å². The monoisotopic (exact) mass is 1020 g/mol. The van der Waals surface area contributed by atoms with E-state index in [1.54, 1.807) is 5.19 Å². The Morgan fingerprint density at radius 1 is 0.584 bits per heavy atom. The predicted octanol–water partition coefficient (Wildman–Crippen LogP) is 18.9. The maximum Gasteiger partial charge on any atom is 0.169 e. The normalized spacial score (nSPS) is 21.3. The molecule has 0 atom stereocenters. The number of benzene rings is 7. The highest BCUT2D eigenvalue weighted by Gasteiger charge is 2.53. The van der Waals surface area contributed by atoms with Gasteiger partial charge < -0.3 is 8.80 Å². The lowest BCUT2D eigenvalue weighted by Gasteiger charge is -2.44. The summed E-state index contributed by atoms with van der Waals surface area (Å²) in [6.45, 7) is 29.3. The Morgan fingerprint density at radius 3 is 1.56 bits per heavy atom. The minimum absolute atomic E-state index is 0.00329. The second-order valence-corrected chi connectivity index (χ2v) is 32.5. The SMILES string of the molecule is CCC(CC)(CC)c1cc2c3cc4c(cc3n3c5cc6c7cc([Si](C(C)C)(C(C)C)C(C)C)cc8c9c%10c(c(C#N)cc9n(c6cc5c(c1)c23)c78)C1c2ccccc2C%10c2ccccc21)C(=O)C1(C)CCC4(C(C)C)CC1. The Bertz CT molecular complexity index is 4360. The number of hydrogen-bond donors (Lipinski definition) is 0. The van der Waals surface area contributed by atoms with E-state index in [-0.39, 0.29) is 28.1 Å². The van der Waals surface area contributed by atoms with E-state index in [0.29, 0.717) is 28.3 Å². The van der Waals surface area contributed by atoms with Crippen molar-refractivity contribution in [3.05, 3.63) is 159 Å². The zero-order valence-electron chi connectivity index (χ0n) is 47.5. The Balaban J connectivity index is 1.14. The molecule has 386 valence electrons. The van der Waals surface area contributed by atoms with E-state index >= 15 is 4.79 Å². The Hall–Kier alpha value is -6.48. The number of Topliss-reactive ketones (excluding diaryl/α,β-unsaturated/α-hetero) is 1. The number of carbonyl (C=O) groups excluding carboxylic acids is 1. The average molecular weight is 1020 g/mol. The summed E-state index contributed by atoms with van der Waals surface area (Å²) >= 11 is 0. The highest BCUT2D eigenvalue weighted by atomic mass is 28.3. The maximum absolute atomic E-state index is 15.2. The largest absolute Gasteiger partial charge is 0.308 e. The minimum Gasteiger partial charge on any atom is -0.308 e. The molecule has 0 aliphatic heterocycles. The summed E-state index contributed by atoms with van der Waals surface area (Å²) in [6.07, 6.45) is 7.26. The van der Waals surface area contributed by atoms with Gasteiger partial charge in [-0.3, -0.25) is 4.79 Å². The van der Waals surface area contributed by atoms with Crippen molar-refractivity contribution in [2.75, 3.05) is 0 Å². The number of rotatable bonds is 9. The molecule has 4 heterocycles. The van der Waals surface area contributed by atoms with E-state index < -0.39 is 8.07 Å². The van der Waals surface area contributed by atoms with Crippen LogP contribution in [0.3, 0.4) is 0 Å². The van der Waals surface area contributed by atoms with Gasteiger partial charge in [-0.15, -0.1) is 0 Å². The van der Waals surface area contributed by atoms with Crippen LogP contribution >= 0.6 is 0 Å². The van der Waals surface area contributed by atoms with Crippen LogP contribution < -0.4 is 5.19 Å². The van der Waals surface area contributed by atoms with Gasteiger partial charge in [-0.25, -0.2) is 0 Å². The van der Waals surface area contributed by atoms with Gasteiger partial charge in [0.1, 0.15) is 0 Å². The molecule has 77 heavy (non-hydrogen) atoms. The zero-order chi connectivity index (χ0) is 53.3. The molecule has 0 amide bonds. The lowest BCUT2D eigenvalue weighted by molar-refractivity contribution is 0.0688. The number of aromatic nitrogens is 2. The standard InChI is InChI=1S/C72H73N3OSi/c1-13-71(14-2,15-3)43-29-52-49-33-57-55(69(76)70(12)24-26-72(57,27-25-70)38(4)5)36-60(49)74-58-35-51-54-31-44(77(39(6)7,40(8)9)41(10)11)32-56-65-61(75(68(54)56)59(51)34-50(58)53(30-43)67(52)74)28-42(37-73)62-63-45-20-16-18-22-47(45)64(66(62)65)48-23-19-17-21-46(48)63/h16-23,28-36,38-41,63-64H,13-15,24-27H2,1-12H3. The molecule has 1 fully saturated rings. The van der Waals surface area contributed by atoms with Crippen molar-refractivity contribution < 1.29 is 4.79 Å². The first-order valence-corrected chi connectivity index (χ1v) is 32.0. The molecule has 0 radical (unpaired) electrons. The van der Waals surface area contributed by atoms with E-state index in [1.165, 1.54) is 110 Å². The number of fused-ring (bicyclic) bond motifs is 14. The predicted molar refractivity (Wildman–Crippen MR) is 326 cm³/mol. The summed E-state index contributed by atoms with van der Waals surface area (Å²) in [6, 6.07) is 43.8. The Kier molecular flexibility index (Phi) is 9.68. The first-order valence-electron chi connectivity index (χ1n) is 29.7. The van der Waals surface area contributed by atoms with Crippen LogP contribution in [0.4, 0.5) is 0 Å². The molecule has 11 aromatic rings. The number of carbonyl (C=O) groups is 1. The molecule has 4 bridgehead atoms. The summed E-state index contributed by atoms with van der Waals surface area (Å²) in [4.78, 5) is 15.2. The van der Waals surface area contributed by atoms with Crippen LogP contribution in [0.5, 0.6) is 0 Å². The number of nitriles is 1. The molecule has 0 unspecified atom stereocenters. The van der Waals surface area contributed by atoms with Crippen LogP contribution in [0.15, 0.2) is 103 Å². The van der Waals surface area contributed by atoms with Crippen LogP contribution in [0, 0.1) is 22.7 Å². The average Bonchev–Trinajstić information content (AvgIpc) is 4.23. The van der Waals surface area contributed by atoms with Crippen molar-refractivity contribution in [3.63, 3.8) is 0 Å². The van der Waals surface area contributed by atoms with Crippen molar-refractivity contribution >= 4 is 95.2 Å². The fraction of sp³-hybridized carbons (Fsp3) is 0.389. The topological polar surface area (TPSA) is 49.7 Å². The molecule has 4 aromatic heterocycles. The molecular weight excluding hydrogens is 951 g/mol. The third-order valence-electron chi connectivity index (χ3n) is 23.0. The summed E-state index contributed by atoms with van der Waals surface area (Å²) in [5.41, 5.74) is 21.0. The summed E-state index contributed by atoms with van der Waals surface area (Å²) in [5.74, 6) is 0.795. The van der Waals surface area contributed by atoms with Crippen molar-refractivity contribution in [1.29, 1.82) is 5.26 Å². The molecule has 6 aliphatic carbocycles. The fourth-order valence-electron chi connectivity index (χ4n) is 19.0. The van der Waals surface area contributed by atoms with Gasteiger partial charge in [0.15, 0.2) is 5.78 Å². The lowest BCUT2D eigenvalue weighted by Crippen LogP contribution is -2.55. The molecule has 7 aromatic carbocycles. The van der Waals surface area contributed by atoms with Crippen molar-refractivity contribution in [1.82, 2.24) is 8.80 Å². The van der Waals surface area contributed by atoms with E-state index in [9.17, 15) is 5.26 Å². The van der Waals surface area contributed by atoms with Gasteiger partial charge in [0, 0.05) is 65.9 Å². The molecule has 0 spiro atoms. The molecule has 6 aliphatic rings. The van der Waals surface area contributed by atoms with Crippen LogP contribution in [-0.2, 0) is 10.8 Å². The third kappa shape index (κ3) is 5.48. The van der Waals surface area contributed by atoms with Gasteiger partial charge in [-0.05, 0) is 165 Å². The first-order chi connectivity index (χ1) is 37.0. The Labute approximate surface area is 455 Å². The Morgan fingerprint density at radius 2 is 1.05 bits per heavy atom. The molecular formula is C72H73N3OSi. The molecule has 0 saturated heterocycles. The number of ketones is 1. The minimum atomic E-state index is -2.24. The lowest BCUT2D eigenvalue weighted by atomic mass is 9.59. The fourth-order valence-corrected chi connectivity index (χ4v) is 25.8. The van der Waals surface area contributed by atoms with Crippen LogP contribution in [-0.4, -0.2) is 22.7 Å². The molecule has 4 nitrogen and oxygen atoms in total. The van der Waals surface area contributed by atoms with E-state index in [2.05, 4.69) is 201 Å². The number of nitrogens with zero attached hydrogens (tertiary/aromatic N) is 3. The summed E-state index contributed by atoms with van der Waals surface area (Å²) in [7, 11) is -2.24. The van der Waals surface area contributed by atoms with Gasteiger partial charge >= 0.3 is 0 Å². The van der Waals surface area contributed by atoms with E-state index in [4.69, 9.17) is 0 Å². The third-order valence-corrected chi connectivity index (χ3v) is 30.1. The highest BCUT2D eigenvalue weighted by molar-refractivity contribution is 6.95. The van der Waals surface area contributed by atoms with Gasteiger partial charge in [0.25, 0.3) is 0 Å². The molecule has 0 N–H and O–H groups in total. The second kappa shape index (κ2) is 15.6. The second-order valence-electron chi connectivity index (χ2n) is 26.6. The van der Waals surface area contributed by atoms with Crippen LogP contribution in [0.1, 0.15) is 200 Å². The maximum atomic E-state index is 15.2. The van der Waals surface area contributed by atoms with Gasteiger partial charge in [0.2, 0.25) is 0 Å². The van der Waals surface area contributed by atoms with Crippen molar-refractivity contribution in [3.8, 4) is 6.07 Å². The van der Waals surface area contributed by atoms with Gasteiger partial charge in [-0.2, -0.15) is 5.26 Å². The van der Waals surface area contributed by atoms with E-state index in [0.717, 1.165) is 67.1 Å². The van der Waals surface area contributed by atoms with Gasteiger partial charge in [-0.1, -0.05) is 149 Å². The quantitative estimate of drug-likeness (QED) is 0.135. The van der Waals surface area contributed by atoms with E-state index in [1.807, 2.05) is 0 Å². The number of hydrogen-bond acceptors (Lipinski definition) is 2. The van der Waals surface area contributed by atoms with Crippen molar-refractivity contribution in [2.45, 2.75) is 167 Å². The first kappa shape index (κ1) is 47.7. The summed E-state index contributed by atoms with van der Waals surface area (Å²) < 4.78 is 5.19. The molecule has 1 saturated carbocycles. The van der Waals surface area contributed by atoms with Crippen LogP contribution in [0.2, 0.25) is 16.6 Å².